The quantitative estimate of drug-likeness (QED) is 0.732. The third-order valence-corrected chi connectivity index (χ3v) is 4.21. The molecule has 1 aliphatic heterocycles. The van der Waals surface area contributed by atoms with Crippen LogP contribution in [0.15, 0.2) is 6.07 Å². The van der Waals surface area contributed by atoms with Gasteiger partial charge in [-0.15, -0.1) is 0 Å². The van der Waals surface area contributed by atoms with Gasteiger partial charge in [-0.25, -0.2) is 0 Å². The first kappa shape index (κ1) is 13.5. The Labute approximate surface area is 112 Å². The zero-order valence-corrected chi connectivity index (χ0v) is 12.7. The standard InChI is InChI=1S/C17H26O/c1-11(2)10-17(6)8-7-15-13(4)9-12(3)14(5)16(15)18-17/h9,11H,7-8,10H2,1-6H3/t17-/m0/s1. The van der Waals surface area contributed by atoms with E-state index in [1.54, 1.807) is 0 Å². The molecule has 0 spiro atoms. The maximum Gasteiger partial charge on any atom is 0.126 e. The Kier molecular flexibility index (Phi) is 3.44. The fraction of sp³-hybridized carbons (Fsp3) is 0.647. The molecule has 0 aromatic heterocycles. The zero-order chi connectivity index (χ0) is 13.5. The lowest BCUT2D eigenvalue weighted by molar-refractivity contribution is 0.0430. The number of benzene rings is 1. The molecule has 1 heteroatoms. The first-order valence-electron chi connectivity index (χ1n) is 7.11. The van der Waals surface area contributed by atoms with Crippen molar-refractivity contribution in [3.05, 3.63) is 28.3 Å². The van der Waals surface area contributed by atoms with Crippen molar-refractivity contribution in [2.45, 2.75) is 66.4 Å². The Morgan fingerprint density at radius 2 is 1.89 bits per heavy atom. The lowest BCUT2D eigenvalue weighted by atomic mass is 9.83. The molecule has 0 saturated carbocycles. The molecule has 1 nitrogen and oxygen atoms in total. The largest absolute Gasteiger partial charge is 0.487 e. The van der Waals surface area contributed by atoms with E-state index >= 15 is 0 Å². The van der Waals surface area contributed by atoms with Crippen molar-refractivity contribution in [1.82, 2.24) is 0 Å². The molecule has 1 aliphatic rings. The fourth-order valence-electron chi connectivity index (χ4n) is 3.25. The molecule has 0 fully saturated rings. The predicted octanol–water partition coefficient (Wildman–Crippen LogP) is 4.74. The summed E-state index contributed by atoms with van der Waals surface area (Å²) in [5.41, 5.74) is 5.51. The van der Waals surface area contributed by atoms with E-state index in [1.165, 1.54) is 28.0 Å². The minimum absolute atomic E-state index is 0.0200. The molecule has 100 valence electrons. The number of rotatable bonds is 2. The summed E-state index contributed by atoms with van der Waals surface area (Å²) < 4.78 is 6.42. The van der Waals surface area contributed by atoms with Crippen molar-refractivity contribution in [2.24, 2.45) is 5.92 Å². The summed E-state index contributed by atoms with van der Waals surface area (Å²) in [7, 11) is 0. The van der Waals surface area contributed by atoms with Crippen molar-refractivity contribution >= 4 is 0 Å². The molecule has 0 radical (unpaired) electrons. The molecule has 1 atom stereocenters. The molecule has 1 aromatic rings. The summed E-state index contributed by atoms with van der Waals surface area (Å²) in [4.78, 5) is 0. The highest BCUT2D eigenvalue weighted by atomic mass is 16.5. The second-order valence-electron chi connectivity index (χ2n) is 6.59. The molecule has 0 bridgehead atoms. The van der Waals surface area contributed by atoms with Crippen LogP contribution in [0.25, 0.3) is 0 Å². The molecule has 0 aliphatic carbocycles. The summed E-state index contributed by atoms with van der Waals surface area (Å²) >= 11 is 0. The summed E-state index contributed by atoms with van der Waals surface area (Å²) in [6.45, 7) is 13.4. The lowest BCUT2D eigenvalue weighted by Gasteiger charge is -2.38. The minimum atomic E-state index is 0.0200. The van der Waals surface area contributed by atoms with Gasteiger partial charge in [-0.2, -0.15) is 0 Å². The zero-order valence-electron chi connectivity index (χ0n) is 12.7. The van der Waals surface area contributed by atoms with Gasteiger partial charge in [-0.05, 0) is 75.1 Å². The van der Waals surface area contributed by atoms with Crippen LogP contribution in [0.5, 0.6) is 5.75 Å². The van der Waals surface area contributed by atoms with Crippen LogP contribution in [0.2, 0.25) is 0 Å². The Morgan fingerprint density at radius 1 is 1.22 bits per heavy atom. The summed E-state index contributed by atoms with van der Waals surface area (Å²) in [6.07, 6.45) is 3.44. The Hall–Kier alpha value is -0.980. The predicted molar refractivity (Wildman–Crippen MR) is 77.5 cm³/mol. The van der Waals surface area contributed by atoms with Gasteiger partial charge in [0.25, 0.3) is 0 Å². The van der Waals surface area contributed by atoms with Gasteiger partial charge in [0.1, 0.15) is 11.4 Å². The second kappa shape index (κ2) is 4.60. The van der Waals surface area contributed by atoms with E-state index in [0.717, 1.165) is 19.3 Å². The Bertz CT molecular complexity index is 459. The molecule has 0 unspecified atom stereocenters. The summed E-state index contributed by atoms with van der Waals surface area (Å²) in [6, 6.07) is 2.29. The third-order valence-electron chi connectivity index (χ3n) is 4.21. The number of hydrogen-bond donors (Lipinski definition) is 0. The van der Waals surface area contributed by atoms with Gasteiger partial charge in [0.05, 0.1) is 0 Å². The van der Waals surface area contributed by atoms with Gasteiger partial charge in [0.15, 0.2) is 0 Å². The topological polar surface area (TPSA) is 9.23 Å². The monoisotopic (exact) mass is 246 g/mol. The molecule has 1 aromatic carbocycles. The van der Waals surface area contributed by atoms with Gasteiger partial charge in [-0.3, -0.25) is 0 Å². The van der Waals surface area contributed by atoms with Crippen molar-refractivity contribution in [2.75, 3.05) is 0 Å². The molecule has 18 heavy (non-hydrogen) atoms. The normalized spacial score (nSPS) is 22.8. The summed E-state index contributed by atoms with van der Waals surface area (Å²) in [5.74, 6) is 1.85. The van der Waals surface area contributed by atoms with Crippen LogP contribution < -0.4 is 4.74 Å². The van der Waals surface area contributed by atoms with Crippen LogP contribution in [0, 0.1) is 26.7 Å². The Balaban J connectivity index is 2.39. The van der Waals surface area contributed by atoms with E-state index in [-0.39, 0.29) is 5.60 Å². The highest BCUT2D eigenvalue weighted by Gasteiger charge is 2.33. The molecular formula is C17H26O. The van der Waals surface area contributed by atoms with Crippen LogP contribution in [-0.2, 0) is 6.42 Å². The molecule has 0 saturated heterocycles. The molecule has 2 rings (SSSR count). The first-order chi connectivity index (χ1) is 8.32. The van der Waals surface area contributed by atoms with Crippen molar-refractivity contribution in [3.63, 3.8) is 0 Å². The molecular weight excluding hydrogens is 220 g/mol. The van der Waals surface area contributed by atoms with Crippen LogP contribution in [-0.4, -0.2) is 5.60 Å². The van der Waals surface area contributed by atoms with Crippen molar-refractivity contribution in [1.29, 1.82) is 0 Å². The lowest BCUT2D eigenvalue weighted by Crippen LogP contribution is -2.38. The van der Waals surface area contributed by atoms with Crippen LogP contribution in [0.1, 0.15) is 55.9 Å². The van der Waals surface area contributed by atoms with Crippen molar-refractivity contribution < 1.29 is 4.74 Å². The van der Waals surface area contributed by atoms with E-state index in [2.05, 4.69) is 47.6 Å². The van der Waals surface area contributed by atoms with E-state index < -0.39 is 0 Å². The van der Waals surface area contributed by atoms with Gasteiger partial charge < -0.3 is 4.74 Å². The van der Waals surface area contributed by atoms with Gasteiger partial charge >= 0.3 is 0 Å². The molecule has 1 heterocycles. The molecule has 0 N–H and O–H groups in total. The fourth-order valence-corrected chi connectivity index (χ4v) is 3.25. The van der Waals surface area contributed by atoms with E-state index in [4.69, 9.17) is 4.74 Å². The maximum absolute atomic E-state index is 6.42. The second-order valence-corrected chi connectivity index (χ2v) is 6.59. The first-order valence-corrected chi connectivity index (χ1v) is 7.11. The van der Waals surface area contributed by atoms with Crippen LogP contribution in [0.4, 0.5) is 0 Å². The number of ether oxygens (including phenoxy) is 1. The number of aryl methyl sites for hydroxylation is 2. The van der Waals surface area contributed by atoms with E-state index in [9.17, 15) is 0 Å². The van der Waals surface area contributed by atoms with Crippen LogP contribution >= 0.6 is 0 Å². The highest BCUT2D eigenvalue weighted by molar-refractivity contribution is 5.51. The van der Waals surface area contributed by atoms with Gasteiger partial charge in [0, 0.05) is 0 Å². The van der Waals surface area contributed by atoms with E-state index in [0.29, 0.717) is 5.92 Å². The van der Waals surface area contributed by atoms with Crippen molar-refractivity contribution in [3.8, 4) is 5.75 Å². The third kappa shape index (κ3) is 2.41. The summed E-state index contributed by atoms with van der Waals surface area (Å²) in [5, 5.41) is 0. The smallest absolute Gasteiger partial charge is 0.126 e. The minimum Gasteiger partial charge on any atom is -0.487 e. The highest BCUT2D eigenvalue weighted by Crippen LogP contribution is 2.41. The maximum atomic E-state index is 6.42. The average molecular weight is 246 g/mol. The molecule has 0 amide bonds. The average Bonchev–Trinajstić information content (AvgIpc) is 2.24. The SMILES string of the molecule is Cc1cc(C)c2c(c1C)O[C@](C)(CC(C)C)CC2. The van der Waals surface area contributed by atoms with E-state index in [1.807, 2.05) is 0 Å². The number of hydrogen-bond acceptors (Lipinski definition) is 1. The van der Waals surface area contributed by atoms with Gasteiger partial charge in [-0.1, -0.05) is 19.9 Å². The Morgan fingerprint density at radius 3 is 2.50 bits per heavy atom. The van der Waals surface area contributed by atoms with Gasteiger partial charge in [0.2, 0.25) is 0 Å². The number of fused-ring (bicyclic) bond motifs is 1. The van der Waals surface area contributed by atoms with Crippen LogP contribution in [0.3, 0.4) is 0 Å².